The SMILES string of the molecule is CCNc1nc(C)c([N+](=O)[O-])c(-c2ccc(F)cc2Cl)n1. The third kappa shape index (κ3) is 3.08. The molecule has 0 amide bonds. The highest BCUT2D eigenvalue weighted by Crippen LogP contribution is 2.35. The van der Waals surface area contributed by atoms with Crippen molar-refractivity contribution in [1.82, 2.24) is 9.97 Å². The Morgan fingerprint density at radius 2 is 2.14 bits per heavy atom. The summed E-state index contributed by atoms with van der Waals surface area (Å²) in [5.41, 5.74) is 0.314. The lowest BCUT2D eigenvalue weighted by Crippen LogP contribution is -2.07. The topological polar surface area (TPSA) is 81.0 Å². The summed E-state index contributed by atoms with van der Waals surface area (Å²) in [5, 5.41) is 14.2. The van der Waals surface area contributed by atoms with Gasteiger partial charge in [0.1, 0.15) is 11.5 Å². The molecule has 1 aromatic heterocycles. The van der Waals surface area contributed by atoms with Crippen LogP contribution in [0.15, 0.2) is 18.2 Å². The molecule has 0 spiro atoms. The number of benzene rings is 1. The molecule has 1 heterocycles. The van der Waals surface area contributed by atoms with Gasteiger partial charge in [-0.2, -0.15) is 0 Å². The van der Waals surface area contributed by atoms with Crippen LogP contribution >= 0.6 is 11.6 Å². The molecule has 2 aromatic rings. The second kappa shape index (κ2) is 6.01. The van der Waals surface area contributed by atoms with Crippen molar-refractivity contribution in [3.05, 3.63) is 44.8 Å². The first-order valence-electron chi connectivity index (χ1n) is 6.16. The molecular formula is C13H12ClFN4O2. The van der Waals surface area contributed by atoms with Crippen LogP contribution in [0.2, 0.25) is 5.02 Å². The van der Waals surface area contributed by atoms with Gasteiger partial charge in [0, 0.05) is 12.1 Å². The predicted molar refractivity (Wildman–Crippen MR) is 78.0 cm³/mol. The van der Waals surface area contributed by atoms with E-state index < -0.39 is 10.7 Å². The normalized spacial score (nSPS) is 10.5. The van der Waals surface area contributed by atoms with Gasteiger partial charge in [0.15, 0.2) is 5.69 Å². The van der Waals surface area contributed by atoms with E-state index in [1.165, 1.54) is 19.1 Å². The molecule has 0 unspecified atom stereocenters. The smallest absolute Gasteiger partial charge is 0.316 e. The first-order valence-corrected chi connectivity index (χ1v) is 6.54. The number of rotatable bonds is 4. The van der Waals surface area contributed by atoms with Crippen molar-refractivity contribution in [1.29, 1.82) is 0 Å². The van der Waals surface area contributed by atoms with E-state index in [2.05, 4.69) is 15.3 Å². The quantitative estimate of drug-likeness (QED) is 0.689. The van der Waals surface area contributed by atoms with Gasteiger partial charge in [0.05, 0.1) is 9.95 Å². The molecule has 0 aliphatic rings. The summed E-state index contributed by atoms with van der Waals surface area (Å²) >= 11 is 5.98. The summed E-state index contributed by atoms with van der Waals surface area (Å²) in [6.07, 6.45) is 0. The molecule has 21 heavy (non-hydrogen) atoms. The zero-order valence-electron chi connectivity index (χ0n) is 11.4. The molecule has 0 aliphatic carbocycles. The molecule has 110 valence electrons. The molecule has 1 aromatic carbocycles. The Morgan fingerprint density at radius 1 is 1.43 bits per heavy atom. The van der Waals surface area contributed by atoms with Gasteiger partial charge in [-0.05, 0) is 32.0 Å². The Kier molecular flexibility index (Phi) is 4.32. The van der Waals surface area contributed by atoms with E-state index in [0.29, 0.717) is 6.54 Å². The predicted octanol–water partition coefficient (Wildman–Crippen LogP) is 3.58. The molecule has 2 rings (SSSR count). The van der Waals surface area contributed by atoms with Gasteiger partial charge >= 0.3 is 5.69 Å². The minimum atomic E-state index is -0.569. The molecule has 0 aliphatic heterocycles. The number of nitrogens with zero attached hydrogens (tertiary/aromatic N) is 3. The summed E-state index contributed by atoms with van der Waals surface area (Å²) in [6, 6.07) is 3.63. The highest BCUT2D eigenvalue weighted by atomic mass is 35.5. The molecule has 0 saturated carbocycles. The van der Waals surface area contributed by atoms with Crippen LogP contribution in [0.4, 0.5) is 16.0 Å². The fourth-order valence-electron chi connectivity index (χ4n) is 1.89. The lowest BCUT2D eigenvalue weighted by Gasteiger charge is -2.09. The molecule has 0 radical (unpaired) electrons. The molecule has 8 heteroatoms. The van der Waals surface area contributed by atoms with E-state index in [1.807, 2.05) is 6.92 Å². The van der Waals surface area contributed by atoms with E-state index in [-0.39, 0.29) is 33.6 Å². The Balaban J connectivity index is 2.72. The van der Waals surface area contributed by atoms with Crippen LogP contribution in [-0.2, 0) is 0 Å². The van der Waals surface area contributed by atoms with E-state index in [0.717, 1.165) is 6.07 Å². The van der Waals surface area contributed by atoms with E-state index in [1.54, 1.807) is 0 Å². The Morgan fingerprint density at radius 3 is 2.71 bits per heavy atom. The second-order valence-corrected chi connectivity index (χ2v) is 4.65. The van der Waals surface area contributed by atoms with Crippen molar-refractivity contribution < 1.29 is 9.31 Å². The van der Waals surface area contributed by atoms with Gasteiger partial charge in [0.25, 0.3) is 0 Å². The van der Waals surface area contributed by atoms with Crippen molar-refractivity contribution in [3.63, 3.8) is 0 Å². The van der Waals surface area contributed by atoms with Gasteiger partial charge < -0.3 is 5.32 Å². The average Bonchev–Trinajstić information content (AvgIpc) is 2.37. The number of aryl methyl sites for hydroxylation is 1. The van der Waals surface area contributed by atoms with Gasteiger partial charge in [0.2, 0.25) is 5.95 Å². The first-order chi connectivity index (χ1) is 9.93. The van der Waals surface area contributed by atoms with Crippen LogP contribution in [0.3, 0.4) is 0 Å². The molecule has 6 nitrogen and oxygen atoms in total. The lowest BCUT2D eigenvalue weighted by atomic mass is 10.1. The Labute approximate surface area is 125 Å². The molecule has 1 N–H and O–H groups in total. The number of nitrogens with one attached hydrogen (secondary N) is 1. The summed E-state index contributed by atoms with van der Waals surface area (Å²) in [4.78, 5) is 18.9. The standard InChI is InChI=1S/C13H12ClFN4O2/c1-3-16-13-17-7(2)12(19(20)21)11(18-13)9-5-4-8(15)6-10(9)14/h4-6H,3H2,1-2H3,(H,16,17,18). The zero-order chi connectivity index (χ0) is 15.6. The van der Waals surface area contributed by atoms with Crippen LogP contribution in [0.5, 0.6) is 0 Å². The second-order valence-electron chi connectivity index (χ2n) is 4.24. The summed E-state index contributed by atoms with van der Waals surface area (Å²) in [7, 11) is 0. The number of anilines is 1. The fourth-order valence-corrected chi connectivity index (χ4v) is 2.15. The Hall–Kier alpha value is -2.28. The summed E-state index contributed by atoms with van der Waals surface area (Å²) in [5.74, 6) is -0.264. The van der Waals surface area contributed by atoms with Gasteiger partial charge in [-0.25, -0.2) is 14.4 Å². The number of hydrogen-bond acceptors (Lipinski definition) is 5. The maximum atomic E-state index is 13.1. The van der Waals surface area contributed by atoms with E-state index in [4.69, 9.17) is 11.6 Å². The maximum Gasteiger partial charge on any atom is 0.316 e. The maximum absolute atomic E-state index is 13.1. The third-order valence-electron chi connectivity index (χ3n) is 2.76. The fraction of sp³-hybridized carbons (Fsp3) is 0.231. The number of halogens is 2. The number of hydrogen-bond donors (Lipinski definition) is 1. The van der Waals surface area contributed by atoms with Crippen molar-refractivity contribution >= 4 is 23.2 Å². The molecule has 0 bridgehead atoms. The average molecular weight is 311 g/mol. The molecular weight excluding hydrogens is 299 g/mol. The zero-order valence-corrected chi connectivity index (χ0v) is 12.1. The largest absolute Gasteiger partial charge is 0.354 e. The van der Waals surface area contributed by atoms with E-state index in [9.17, 15) is 14.5 Å². The van der Waals surface area contributed by atoms with E-state index >= 15 is 0 Å². The van der Waals surface area contributed by atoms with Crippen LogP contribution in [0.1, 0.15) is 12.6 Å². The molecule has 0 fully saturated rings. The Bertz CT molecular complexity index is 709. The van der Waals surface area contributed by atoms with Crippen molar-refractivity contribution in [3.8, 4) is 11.3 Å². The minimum Gasteiger partial charge on any atom is -0.354 e. The van der Waals surface area contributed by atoms with Crippen molar-refractivity contribution in [2.24, 2.45) is 0 Å². The summed E-state index contributed by atoms with van der Waals surface area (Å²) < 4.78 is 13.1. The van der Waals surface area contributed by atoms with Crippen molar-refractivity contribution in [2.45, 2.75) is 13.8 Å². The van der Waals surface area contributed by atoms with Crippen LogP contribution in [-0.4, -0.2) is 21.4 Å². The monoisotopic (exact) mass is 310 g/mol. The molecule has 0 saturated heterocycles. The van der Waals surface area contributed by atoms with Gasteiger partial charge in [-0.1, -0.05) is 11.6 Å². The minimum absolute atomic E-state index is 0.0543. The molecule has 0 atom stereocenters. The van der Waals surface area contributed by atoms with Gasteiger partial charge in [-0.15, -0.1) is 0 Å². The summed E-state index contributed by atoms with van der Waals surface area (Å²) in [6.45, 7) is 3.93. The third-order valence-corrected chi connectivity index (χ3v) is 3.07. The highest BCUT2D eigenvalue weighted by Gasteiger charge is 2.24. The number of aromatic nitrogens is 2. The lowest BCUT2D eigenvalue weighted by molar-refractivity contribution is -0.385. The number of nitro groups is 1. The van der Waals surface area contributed by atoms with Crippen LogP contribution in [0.25, 0.3) is 11.3 Å². The first kappa shape index (κ1) is 15.1. The van der Waals surface area contributed by atoms with Crippen molar-refractivity contribution in [2.75, 3.05) is 11.9 Å². The van der Waals surface area contributed by atoms with Gasteiger partial charge in [-0.3, -0.25) is 10.1 Å². The highest BCUT2D eigenvalue weighted by molar-refractivity contribution is 6.33. The van der Waals surface area contributed by atoms with Crippen LogP contribution < -0.4 is 5.32 Å². The van der Waals surface area contributed by atoms with Crippen LogP contribution in [0, 0.1) is 22.9 Å².